The standard InChI is InChI=1S/C27H20O4/c28-26(30-19-20-7-3-1-4-8-20)23-15-11-21(12-16-23)22-13-17-24(18-14-22)27(29)31-25-9-5-2-6-10-25/h1-18H,19H2. The average Bonchev–Trinajstić information content (AvgIpc) is 2.84. The zero-order valence-electron chi connectivity index (χ0n) is 16.7. The number of hydrogen-bond donors (Lipinski definition) is 0. The summed E-state index contributed by atoms with van der Waals surface area (Å²) in [5.41, 5.74) is 3.76. The van der Waals surface area contributed by atoms with E-state index in [2.05, 4.69) is 0 Å². The van der Waals surface area contributed by atoms with E-state index in [9.17, 15) is 9.59 Å². The van der Waals surface area contributed by atoms with Crippen LogP contribution in [0.2, 0.25) is 0 Å². The third-order valence-corrected chi connectivity index (χ3v) is 4.74. The topological polar surface area (TPSA) is 52.6 Å². The van der Waals surface area contributed by atoms with Crippen LogP contribution in [-0.2, 0) is 11.3 Å². The van der Waals surface area contributed by atoms with Gasteiger partial charge in [0, 0.05) is 0 Å². The highest BCUT2D eigenvalue weighted by Gasteiger charge is 2.10. The molecule has 4 heteroatoms. The van der Waals surface area contributed by atoms with Crippen LogP contribution >= 0.6 is 0 Å². The summed E-state index contributed by atoms with van der Waals surface area (Å²) in [4.78, 5) is 24.5. The molecule has 0 bridgehead atoms. The number of para-hydroxylation sites is 1. The molecule has 0 amide bonds. The van der Waals surface area contributed by atoms with Gasteiger partial charge in [0.25, 0.3) is 0 Å². The van der Waals surface area contributed by atoms with Crippen LogP contribution in [0.1, 0.15) is 26.3 Å². The summed E-state index contributed by atoms with van der Waals surface area (Å²) in [6.45, 7) is 0.238. The number of carbonyl (C=O) groups excluding carboxylic acids is 2. The summed E-state index contributed by atoms with van der Waals surface area (Å²) in [7, 11) is 0. The molecular formula is C27H20O4. The van der Waals surface area contributed by atoms with Crippen molar-refractivity contribution in [2.75, 3.05) is 0 Å². The van der Waals surface area contributed by atoms with Gasteiger partial charge in [0.05, 0.1) is 11.1 Å². The summed E-state index contributed by atoms with van der Waals surface area (Å²) >= 11 is 0. The maximum atomic E-state index is 12.3. The van der Waals surface area contributed by atoms with Crippen molar-refractivity contribution in [3.8, 4) is 16.9 Å². The summed E-state index contributed by atoms with van der Waals surface area (Å²) in [6, 6.07) is 32.9. The smallest absolute Gasteiger partial charge is 0.343 e. The molecule has 0 aliphatic carbocycles. The molecule has 0 aliphatic heterocycles. The van der Waals surface area contributed by atoms with Gasteiger partial charge in [-0.2, -0.15) is 0 Å². The van der Waals surface area contributed by atoms with Gasteiger partial charge in [0.1, 0.15) is 12.4 Å². The molecule has 4 aromatic carbocycles. The first-order chi connectivity index (χ1) is 15.2. The zero-order chi connectivity index (χ0) is 21.5. The third kappa shape index (κ3) is 5.25. The van der Waals surface area contributed by atoms with Crippen molar-refractivity contribution in [3.05, 3.63) is 126 Å². The first kappa shape index (κ1) is 20.1. The minimum absolute atomic E-state index is 0.238. The fourth-order valence-electron chi connectivity index (χ4n) is 3.06. The van der Waals surface area contributed by atoms with Crippen molar-refractivity contribution >= 4 is 11.9 Å². The molecule has 0 atom stereocenters. The first-order valence-electron chi connectivity index (χ1n) is 9.88. The highest BCUT2D eigenvalue weighted by Crippen LogP contribution is 2.22. The van der Waals surface area contributed by atoms with Crippen LogP contribution in [0.25, 0.3) is 11.1 Å². The SMILES string of the molecule is O=C(OCc1ccccc1)c1ccc(-c2ccc(C(=O)Oc3ccccc3)cc2)cc1. The molecule has 4 nitrogen and oxygen atoms in total. The van der Waals surface area contributed by atoms with Crippen LogP contribution in [0.4, 0.5) is 0 Å². The Morgan fingerprint density at radius 3 is 1.58 bits per heavy atom. The highest BCUT2D eigenvalue weighted by atomic mass is 16.5. The number of esters is 2. The van der Waals surface area contributed by atoms with Crippen LogP contribution in [0.5, 0.6) is 5.75 Å². The lowest BCUT2D eigenvalue weighted by molar-refractivity contribution is 0.0472. The normalized spacial score (nSPS) is 10.3. The Bertz CT molecular complexity index is 1150. The Labute approximate surface area is 180 Å². The monoisotopic (exact) mass is 408 g/mol. The van der Waals surface area contributed by atoms with Crippen LogP contribution in [0.3, 0.4) is 0 Å². The van der Waals surface area contributed by atoms with Crippen molar-refractivity contribution < 1.29 is 19.1 Å². The van der Waals surface area contributed by atoms with E-state index in [1.807, 2.05) is 72.8 Å². The Morgan fingerprint density at radius 1 is 0.548 bits per heavy atom. The van der Waals surface area contributed by atoms with Gasteiger partial charge < -0.3 is 9.47 Å². The molecule has 152 valence electrons. The lowest BCUT2D eigenvalue weighted by Crippen LogP contribution is -2.08. The molecule has 31 heavy (non-hydrogen) atoms. The maximum Gasteiger partial charge on any atom is 0.343 e. The summed E-state index contributed by atoms with van der Waals surface area (Å²) in [6.07, 6.45) is 0. The van der Waals surface area contributed by atoms with E-state index < -0.39 is 5.97 Å². The van der Waals surface area contributed by atoms with Crippen molar-refractivity contribution in [2.45, 2.75) is 6.61 Å². The van der Waals surface area contributed by atoms with Crippen LogP contribution in [0.15, 0.2) is 109 Å². The number of rotatable bonds is 6. The van der Waals surface area contributed by atoms with E-state index in [0.29, 0.717) is 16.9 Å². The number of carbonyl (C=O) groups is 2. The number of ether oxygens (including phenoxy) is 2. The minimum Gasteiger partial charge on any atom is -0.457 e. The second kappa shape index (κ2) is 9.55. The Kier molecular flexibility index (Phi) is 6.19. The van der Waals surface area contributed by atoms with E-state index in [-0.39, 0.29) is 12.6 Å². The molecule has 4 rings (SSSR count). The highest BCUT2D eigenvalue weighted by molar-refractivity contribution is 5.92. The van der Waals surface area contributed by atoms with Crippen LogP contribution in [0, 0.1) is 0 Å². The predicted molar refractivity (Wildman–Crippen MR) is 119 cm³/mol. The molecule has 0 N–H and O–H groups in total. The van der Waals surface area contributed by atoms with Gasteiger partial charge in [-0.1, -0.05) is 72.8 Å². The van der Waals surface area contributed by atoms with Gasteiger partial charge in [-0.05, 0) is 53.1 Å². The Morgan fingerprint density at radius 2 is 1.03 bits per heavy atom. The number of hydrogen-bond acceptors (Lipinski definition) is 4. The molecule has 0 unspecified atom stereocenters. The summed E-state index contributed by atoms with van der Waals surface area (Å²) in [5.74, 6) is -0.269. The van der Waals surface area contributed by atoms with Crippen LogP contribution < -0.4 is 4.74 Å². The van der Waals surface area contributed by atoms with Gasteiger partial charge in [0.15, 0.2) is 0 Å². The van der Waals surface area contributed by atoms with Crippen molar-refractivity contribution in [1.29, 1.82) is 0 Å². The molecule has 4 aromatic rings. The minimum atomic E-state index is -0.408. The quantitative estimate of drug-likeness (QED) is 0.293. The Balaban J connectivity index is 1.38. The van der Waals surface area contributed by atoms with Crippen molar-refractivity contribution in [3.63, 3.8) is 0 Å². The van der Waals surface area contributed by atoms with Gasteiger partial charge in [0.2, 0.25) is 0 Å². The van der Waals surface area contributed by atoms with Gasteiger partial charge >= 0.3 is 11.9 Å². The fourth-order valence-corrected chi connectivity index (χ4v) is 3.06. The summed E-state index contributed by atoms with van der Waals surface area (Å²) < 4.78 is 10.7. The second-order valence-electron chi connectivity index (χ2n) is 6.92. The molecular weight excluding hydrogens is 388 g/mol. The summed E-state index contributed by atoms with van der Waals surface area (Å²) in [5, 5.41) is 0. The first-order valence-corrected chi connectivity index (χ1v) is 9.88. The lowest BCUT2D eigenvalue weighted by atomic mass is 10.0. The van der Waals surface area contributed by atoms with Crippen LogP contribution in [-0.4, -0.2) is 11.9 Å². The van der Waals surface area contributed by atoms with Crippen molar-refractivity contribution in [1.82, 2.24) is 0 Å². The molecule has 0 aliphatic rings. The van der Waals surface area contributed by atoms with Gasteiger partial charge in [-0.3, -0.25) is 0 Å². The molecule has 0 aromatic heterocycles. The third-order valence-electron chi connectivity index (χ3n) is 4.74. The predicted octanol–water partition coefficient (Wildman–Crippen LogP) is 5.93. The molecule has 0 saturated carbocycles. The largest absolute Gasteiger partial charge is 0.457 e. The van der Waals surface area contributed by atoms with Gasteiger partial charge in [-0.25, -0.2) is 9.59 Å². The molecule has 0 spiro atoms. The molecule has 0 saturated heterocycles. The number of benzene rings is 4. The zero-order valence-corrected chi connectivity index (χ0v) is 16.7. The second-order valence-corrected chi connectivity index (χ2v) is 6.92. The average molecular weight is 408 g/mol. The van der Waals surface area contributed by atoms with Crippen molar-refractivity contribution in [2.24, 2.45) is 0 Å². The van der Waals surface area contributed by atoms with E-state index in [1.54, 1.807) is 36.4 Å². The van der Waals surface area contributed by atoms with E-state index in [0.717, 1.165) is 16.7 Å². The van der Waals surface area contributed by atoms with Gasteiger partial charge in [-0.15, -0.1) is 0 Å². The van der Waals surface area contributed by atoms with E-state index >= 15 is 0 Å². The Hall–Kier alpha value is -4.18. The molecule has 0 fully saturated rings. The molecule has 0 radical (unpaired) electrons. The fraction of sp³-hybridized carbons (Fsp3) is 0.0370. The maximum absolute atomic E-state index is 12.3. The van der Waals surface area contributed by atoms with E-state index in [1.165, 1.54) is 0 Å². The molecule has 0 heterocycles. The lowest BCUT2D eigenvalue weighted by Gasteiger charge is -2.07. The van der Waals surface area contributed by atoms with E-state index in [4.69, 9.17) is 9.47 Å².